The van der Waals surface area contributed by atoms with Crippen LogP contribution in [0.25, 0.3) is 11.0 Å². The Hall–Kier alpha value is -2.44. The van der Waals surface area contributed by atoms with Crippen LogP contribution in [0.5, 0.6) is 0 Å². The summed E-state index contributed by atoms with van der Waals surface area (Å²) in [4.78, 5) is 30.5. The molecule has 2 aromatic heterocycles. The number of carbonyl (C=O) groups excluding carboxylic acids is 1. The fourth-order valence-electron chi connectivity index (χ4n) is 2.68. The molecule has 0 bridgehead atoms. The van der Waals surface area contributed by atoms with E-state index in [-0.39, 0.29) is 34.6 Å². The van der Waals surface area contributed by atoms with Crippen LogP contribution in [0.2, 0.25) is 0 Å². The van der Waals surface area contributed by atoms with Crippen molar-refractivity contribution in [1.82, 2.24) is 10.0 Å². The number of furan rings is 1. The number of nitrogens with one attached hydrogen (secondary N) is 2. The summed E-state index contributed by atoms with van der Waals surface area (Å²) < 4.78 is 21.6. The van der Waals surface area contributed by atoms with E-state index >= 15 is 0 Å². The first kappa shape index (κ1) is 21.3. The van der Waals surface area contributed by atoms with Crippen molar-refractivity contribution in [1.29, 1.82) is 0 Å². The standard InChI is InChI=1S/C19H19FIN3O5/c1-3-11(25)9-29-23-18(26)15-16-12(6-7-28-16)19(27)24(2)17(15)22-14-5-4-10(21)8-13(14)20/h4-8,11,22,25H,3,9H2,1-2H3,(H,23,26). The number of rotatable bonds is 7. The van der Waals surface area contributed by atoms with E-state index in [1.165, 1.54) is 36.1 Å². The summed E-state index contributed by atoms with van der Waals surface area (Å²) >= 11 is 1.98. The molecule has 1 unspecified atom stereocenters. The van der Waals surface area contributed by atoms with Crippen LogP contribution in [0.3, 0.4) is 0 Å². The highest BCUT2D eigenvalue weighted by atomic mass is 127. The zero-order chi connectivity index (χ0) is 21.1. The van der Waals surface area contributed by atoms with Gasteiger partial charge >= 0.3 is 0 Å². The molecule has 0 saturated carbocycles. The summed E-state index contributed by atoms with van der Waals surface area (Å²) in [5.41, 5.74) is 1.91. The molecule has 0 fully saturated rings. The third-order valence-corrected chi connectivity index (χ3v) is 4.99. The SMILES string of the molecule is CCC(O)CONC(=O)c1c(Nc2ccc(I)cc2F)n(C)c(=O)c2ccoc12. The topological polar surface area (TPSA) is 106 Å². The third-order valence-electron chi connectivity index (χ3n) is 4.32. The highest BCUT2D eigenvalue weighted by molar-refractivity contribution is 14.1. The van der Waals surface area contributed by atoms with Gasteiger partial charge in [-0.2, -0.15) is 0 Å². The fourth-order valence-corrected chi connectivity index (χ4v) is 3.13. The second kappa shape index (κ2) is 8.93. The van der Waals surface area contributed by atoms with Gasteiger partial charge in [-0.1, -0.05) is 6.92 Å². The molecule has 2 heterocycles. The van der Waals surface area contributed by atoms with Gasteiger partial charge in [0, 0.05) is 10.6 Å². The Labute approximate surface area is 178 Å². The predicted molar refractivity (Wildman–Crippen MR) is 114 cm³/mol. The molecule has 1 amide bonds. The monoisotopic (exact) mass is 515 g/mol. The van der Waals surface area contributed by atoms with E-state index in [1.54, 1.807) is 13.0 Å². The van der Waals surface area contributed by atoms with Gasteiger partial charge in [-0.3, -0.25) is 19.0 Å². The molecule has 29 heavy (non-hydrogen) atoms. The van der Waals surface area contributed by atoms with Crippen molar-refractivity contribution in [2.75, 3.05) is 11.9 Å². The number of fused-ring (bicyclic) bond motifs is 1. The largest absolute Gasteiger partial charge is 0.463 e. The number of benzene rings is 1. The van der Waals surface area contributed by atoms with Crippen LogP contribution >= 0.6 is 22.6 Å². The number of hydroxylamine groups is 1. The maximum atomic E-state index is 14.4. The van der Waals surface area contributed by atoms with Crippen molar-refractivity contribution in [3.8, 4) is 0 Å². The second-order valence-corrected chi connectivity index (χ2v) is 7.55. The van der Waals surface area contributed by atoms with Crippen LogP contribution in [0.4, 0.5) is 15.9 Å². The molecule has 3 N–H and O–H groups in total. The zero-order valence-electron chi connectivity index (χ0n) is 15.7. The number of aromatic nitrogens is 1. The highest BCUT2D eigenvalue weighted by Crippen LogP contribution is 2.28. The number of amides is 1. The first-order valence-electron chi connectivity index (χ1n) is 8.76. The van der Waals surface area contributed by atoms with Gasteiger partial charge < -0.3 is 14.8 Å². The molecule has 3 aromatic rings. The van der Waals surface area contributed by atoms with E-state index < -0.39 is 23.4 Å². The molecular formula is C19H19FIN3O5. The van der Waals surface area contributed by atoms with Crippen molar-refractivity contribution in [3.63, 3.8) is 0 Å². The Morgan fingerprint density at radius 1 is 1.41 bits per heavy atom. The average Bonchev–Trinajstić information content (AvgIpc) is 3.17. The van der Waals surface area contributed by atoms with E-state index in [1.807, 2.05) is 22.6 Å². The summed E-state index contributed by atoms with van der Waals surface area (Å²) in [6.45, 7) is 1.66. The normalized spacial score (nSPS) is 12.2. The van der Waals surface area contributed by atoms with Gasteiger partial charge in [-0.25, -0.2) is 9.87 Å². The van der Waals surface area contributed by atoms with Gasteiger partial charge in [0.2, 0.25) is 0 Å². The molecule has 3 rings (SSSR count). The van der Waals surface area contributed by atoms with Gasteiger partial charge in [0.15, 0.2) is 5.58 Å². The van der Waals surface area contributed by atoms with E-state index in [0.29, 0.717) is 9.99 Å². The number of anilines is 2. The molecule has 1 atom stereocenters. The van der Waals surface area contributed by atoms with Crippen LogP contribution in [0.1, 0.15) is 23.7 Å². The smallest absolute Gasteiger partial charge is 0.282 e. The maximum Gasteiger partial charge on any atom is 0.282 e. The third kappa shape index (κ3) is 4.43. The molecular weight excluding hydrogens is 496 g/mol. The number of carbonyl (C=O) groups is 1. The summed E-state index contributed by atoms with van der Waals surface area (Å²) in [6.07, 6.45) is 1.01. The van der Waals surface area contributed by atoms with Crippen LogP contribution < -0.4 is 16.4 Å². The minimum absolute atomic E-state index is 0.0314. The Morgan fingerprint density at radius 3 is 2.86 bits per heavy atom. The van der Waals surface area contributed by atoms with Crippen LogP contribution in [-0.4, -0.2) is 28.3 Å². The molecule has 0 saturated heterocycles. The lowest BCUT2D eigenvalue weighted by Gasteiger charge is -2.17. The van der Waals surface area contributed by atoms with Crippen molar-refractivity contribution < 1.29 is 23.5 Å². The van der Waals surface area contributed by atoms with Crippen molar-refractivity contribution in [3.05, 3.63) is 55.8 Å². The van der Waals surface area contributed by atoms with Gasteiger partial charge in [-0.05, 0) is 53.3 Å². The second-order valence-electron chi connectivity index (χ2n) is 6.30. The summed E-state index contributed by atoms with van der Waals surface area (Å²) in [5, 5.41) is 12.6. The number of halogens is 2. The minimum atomic E-state index is -0.738. The van der Waals surface area contributed by atoms with Crippen LogP contribution in [-0.2, 0) is 11.9 Å². The summed E-state index contributed by atoms with van der Waals surface area (Å²) in [6, 6.07) is 5.96. The van der Waals surface area contributed by atoms with Crippen molar-refractivity contribution >= 4 is 51.0 Å². The highest BCUT2D eigenvalue weighted by Gasteiger charge is 2.24. The van der Waals surface area contributed by atoms with Crippen molar-refractivity contribution in [2.45, 2.75) is 19.4 Å². The number of hydrogen-bond acceptors (Lipinski definition) is 6. The molecule has 154 valence electrons. The maximum absolute atomic E-state index is 14.4. The Balaban J connectivity index is 2.05. The Bertz CT molecular complexity index is 1110. The van der Waals surface area contributed by atoms with Crippen LogP contribution in [0, 0.1) is 9.39 Å². The molecule has 1 aromatic carbocycles. The Kier molecular flexibility index (Phi) is 6.55. The summed E-state index contributed by atoms with van der Waals surface area (Å²) in [5.74, 6) is -1.22. The summed E-state index contributed by atoms with van der Waals surface area (Å²) in [7, 11) is 1.46. The number of nitrogens with zero attached hydrogens (tertiary/aromatic N) is 1. The molecule has 0 aliphatic carbocycles. The van der Waals surface area contributed by atoms with E-state index in [0.717, 1.165) is 0 Å². The van der Waals surface area contributed by atoms with Gasteiger partial charge in [-0.15, -0.1) is 0 Å². The van der Waals surface area contributed by atoms with E-state index in [4.69, 9.17) is 9.25 Å². The van der Waals surface area contributed by atoms with Gasteiger partial charge in [0.1, 0.15) is 23.8 Å². The molecule has 8 nitrogen and oxygen atoms in total. The average molecular weight is 515 g/mol. The van der Waals surface area contributed by atoms with E-state index in [2.05, 4.69) is 10.8 Å². The van der Waals surface area contributed by atoms with Gasteiger partial charge in [0.25, 0.3) is 11.5 Å². The minimum Gasteiger partial charge on any atom is -0.463 e. The fraction of sp³-hybridized carbons (Fsp3) is 0.263. The molecule has 0 aliphatic rings. The lowest BCUT2D eigenvalue weighted by Crippen LogP contribution is -2.31. The molecule has 0 radical (unpaired) electrons. The number of hydrogen-bond donors (Lipinski definition) is 3. The number of aliphatic hydroxyl groups excluding tert-OH is 1. The Morgan fingerprint density at radius 2 is 2.17 bits per heavy atom. The first-order chi connectivity index (χ1) is 13.8. The number of aliphatic hydroxyl groups is 1. The molecule has 0 spiro atoms. The van der Waals surface area contributed by atoms with Crippen LogP contribution in [0.15, 0.2) is 39.7 Å². The first-order valence-corrected chi connectivity index (χ1v) is 9.83. The van der Waals surface area contributed by atoms with E-state index in [9.17, 15) is 19.1 Å². The zero-order valence-corrected chi connectivity index (χ0v) is 17.8. The predicted octanol–water partition coefficient (Wildman–Crippen LogP) is 3.05. The lowest BCUT2D eigenvalue weighted by molar-refractivity contribution is -0.0133. The lowest BCUT2D eigenvalue weighted by atomic mass is 10.1. The molecule has 0 aliphatic heterocycles. The molecule has 10 heteroatoms. The van der Waals surface area contributed by atoms with Gasteiger partial charge in [0.05, 0.1) is 23.4 Å². The quantitative estimate of drug-likeness (QED) is 0.330. The van der Waals surface area contributed by atoms with Crippen molar-refractivity contribution in [2.24, 2.45) is 7.05 Å². The number of pyridine rings is 1.